The van der Waals surface area contributed by atoms with E-state index in [0.29, 0.717) is 48.5 Å². The number of amides is 1. The number of para-hydroxylation sites is 2. The first-order valence-corrected chi connectivity index (χ1v) is 12.7. The predicted molar refractivity (Wildman–Crippen MR) is 146 cm³/mol. The average molecular weight is 511 g/mol. The first-order chi connectivity index (χ1) is 18.6. The van der Waals surface area contributed by atoms with E-state index < -0.39 is 0 Å². The minimum absolute atomic E-state index is 0.0907. The van der Waals surface area contributed by atoms with Crippen LogP contribution in [0.5, 0.6) is 5.75 Å². The first kappa shape index (κ1) is 25.0. The molecule has 5 aromatic rings. The number of nitrogens with zero attached hydrogens (tertiary/aromatic N) is 5. The summed E-state index contributed by atoms with van der Waals surface area (Å²) < 4.78 is 10.7. The van der Waals surface area contributed by atoms with Crippen molar-refractivity contribution in [3.05, 3.63) is 101 Å². The van der Waals surface area contributed by atoms with Crippen LogP contribution >= 0.6 is 0 Å². The lowest BCUT2D eigenvalue weighted by Crippen LogP contribution is -2.27. The molecule has 0 bridgehead atoms. The summed E-state index contributed by atoms with van der Waals surface area (Å²) in [6.45, 7) is 5.05. The fraction of sp³-hybridized carbons (Fsp3) is 0.241. The van der Waals surface area contributed by atoms with Gasteiger partial charge in [0.1, 0.15) is 16.7 Å². The van der Waals surface area contributed by atoms with Crippen molar-refractivity contribution in [2.75, 3.05) is 6.61 Å². The van der Waals surface area contributed by atoms with E-state index in [1.165, 1.54) is 4.68 Å². The van der Waals surface area contributed by atoms with Crippen LogP contribution in [0, 0.1) is 6.92 Å². The van der Waals surface area contributed by atoms with E-state index >= 15 is 0 Å². The van der Waals surface area contributed by atoms with E-state index in [4.69, 9.17) is 9.84 Å². The summed E-state index contributed by atoms with van der Waals surface area (Å²) in [4.78, 5) is 26.2. The Morgan fingerprint density at radius 2 is 1.71 bits per heavy atom. The topological polar surface area (TPSA) is 96.0 Å². The molecule has 0 spiro atoms. The number of aromatic nitrogens is 5. The van der Waals surface area contributed by atoms with Gasteiger partial charge in [-0.25, -0.2) is 9.36 Å². The molecule has 1 amide bonds. The molecule has 9 heteroatoms. The molecule has 0 atom stereocenters. The van der Waals surface area contributed by atoms with Gasteiger partial charge in [0.05, 0.1) is 18.0 Å². The highest BCUT2D eigenvalue weighted by atomic mass is 16.5. The highest BCUT2D eigenvalue weighted by Crippen LogP contribution is 2.24. The summed E-state index contributed by atoms with van der Waals surface area (Å²) in [5.74, 6) is 1.34. The second-order valence-corrected chi connectivity index (χ2v) is 8.92. The minimum Gasteiger partial charge on any atom is -0.494 e. The fourth-order valence-electron chi connectivity index (χ4n) is 4.49. The van der Waals surface area contributed by atoms with E-state index in [-0.39, 0.29) is 17.9 Å². The van der Waals surface area contributed by atoms with Crippen molar-refractivity contribution in [3.8, 4) is 17.3 Å². The summed E-state index contributed by atoms with van der Waals surface area (Å²) in [6.07, 6.45) is 4.53. The van der Waals surface area contributed by atoms with Crippen LogP contribution in [0.25, 0.3) is 22.4 Å². The Hall–Kier alpha value is -4.66. The lowest BCUT2D eigenvalue weighted by Gasteiger charge is -2.11. The molecular weight excluding hydrogens is 480 g/mol. The number of carbonyl (C=O) groups is 1. The number of fused-ring (bicyclic) bond motifs is 1. The maximum absolute atomic E-state index is 13.6. The Morgan fingerprint density at radius 1 is 0.974 bits per heavy atom. The maximum atomic E-state index is 13.6. The fourth-order valence-corrected chi connectivity index (χ4v) is 4.49. The summed E-state index contributed by atoms with van der Waals surface area (Å²) in [5.41, 5.74) is 2.75. The van der Waals surface area contributed by atoms with E-state index in [0.717, 1.165) is 17.0 Å². The molecule has 0 aliphatic heterocycles. The number of rotatable bonds is 10. The van der Waals surface area contributed by atoms with Crippen LogP contribution in [0.2, 0.25) is 0 Å². The Balaban J connectivity index is 1.36. The summed E-state index contributed by atoms with van der Waals surface area (Å²) in [7, 11) is 0. The lowest BCUT2D eigenvalue weighted by molar-refractivity contribution is -0.121. The molecule has 0 radical (unpaired) electrons. The Labute approximate surface area is 220 Å². The quantitative estimate of drug-likeness (QED) is 0.304. The van der Waals surface area contributed by atoms with Crippen LogP contribution < -0.4 is 15.6 Å². The van der Waals surface area contributed by atoms with Crippen LogP contribution in [-0.4, -0.2) is 36.6 Å². The van der Waals surface area contributed by atoms with Crippen molar-refractivity contribution in [2.45, 2.75) is 39.8 Å². The van der Waals surface area contributed by atoms with Crippen LogP contribution in [0.15, 0.2) is 83.9 Å². The monoisotopic (exact) mass is 510 g/mol. The van der Waals surface area contributed by atoms with Crippen LogP contribution in [0.1, 0.15) is 31.0 Å². The van der Waals surface area contributed by atoms with E-state index in [1.807, 2.05) is 97.5 Å². The first-order valence-electron chi connectivity index (χ1n) is 12.7. The number of hydrogen-bond acceptors (Lipinski definition) is 5. The molecule has 9 nitrogen and oxygen atoms in total. The molecule has 3 aromatic heterocycles. The highest BCUT2D eigenvalue weighted by Gasteiger charge is 2.21. The predicted octanol–water partition coefficient (Wildman–Crippen LogP) is 4.18. The van der Waals surface area contributed by atoms with Crippen molar-refractivity contribution in [1.82, 2.24) is 29.4 Å². The van der Waals surface area contributed by atoms with Gasteiger partial charge < -0.3 is 14.6 Å². The van der Waals surface area contributed by atoms with Gasteiger partial charge in [-0.3, -0.25) is 9.59 Å². The van der Waals surface area contributed by atoms with Crippen molar-refractivity contribution < 1.29 is 9.53 Å². The molecule has 2 aromatic carbocycles. The van der Waals surface area contributed by atoms with Gasteiger partial charge in [0.15, 0.2) is 5.82 Å². The van der Waals surface area contributed by atoms with Gasteiger partial charge in [0.2, 0.25) is 5.91 Å². The maximum Gasteiger partial charge on any atom is 0.280 e. The van der Waals surface area contributed by atoms with Crippen molar-refractivity contribution in [3.63, 3.8) is 0 Å². The molecule has 194 valence electrons. The van der Waals surface area contributed by atoms with Gasteiger partial charge in [0, 0.05) is 37.5 Å². The van der Waals surface area contributed by atoms with Gasteiger partial charge >= 0.3 is 0 Å². The second-order valence-electron chi connectivity index (χ2n) is 8.92. The van der Waals surface area contributed by atoms with Crippen molar-refractivity contribution in [1.29, 1.82) is 0 Å². The molecule has 0 fully saturated rings. The van der Waals surface area contributed by atoms with Crippen LogP contribution in [0.3, 0.4) is 0 Å². The van der Waals surface area contributed by atoms with E-state index in [1.54, 1.807) is 4.68 Å². The van der Waals surface area contributed by atoms with Crippen LogP contribution in [0.4, 0.5) is 0 Å². The van der Waals surface area contributed by atoms with Gasteiger partial charge in [0.25, 0.3) is 5.56 Å². The average Bonchev–Trinajstić information content (AvgIpc) is 3.60. The molecule has 0 saturated carbocycles. The summed E-state index contributed by atoms with van der Waals surface area (Å²) in [5, 5.41) is 12.7. The van der Waals surface area contributed by atoms with Gasteiger partial charge in [-0.05, 0) is 50.6 Å². The smallest absolute Gasteiger partial charge is 0.280 e. The van der Waals surface area contributed by atoms with Crippen molar-refractivity contribution in [2.24, 2.45) is 0 Å². The lowest BCUT2D eigenvalue weighted by atomic mass is 10.2. The number of benzene rings is 2. The van der Waals surface area contributed by atoms with Gasteiger partial charge in [-0.15, -0.1) is 0 Å². The molecular formula is C29H30N6O3. The molecule has 5 rings (SSSR count). The normalized spacial score (nSPS) is 11.1. The third-order valence-electron chi connectivity index (χ3n) is 6.29. The van der Waals surface area contributed by atoms with Gasteiger partial charge in [-0.2, -0.15) is 10.2 Å². The number of hydrogen-bond donors (Lipinski definition) is 1. The van der Waals surface area contributed by atoms with E-state index in [9.17, 15) is 9.59 Å². The third-order valence-corrected chi connectivity index (χ3v) is 6.29. The zero-order valence-corrected chi connectivity index (χ0v) is 21.5. The molecule has 38 heavy (non-hydrogen) atoms. The number of aryl methyl sites for hydroxylation is 2. The Bertz CT molecular complexity index is 1600. The molecule has 0 aliphatic rings. The Kier molecular flexibility index (Phi) is 7.35. The number of ether oxygens (including phenoxy) is 1. The molecule has 0 saturated heterocycles. The zero-order valence-electron chi connectivity index (χ0n) is 21.5. The van der Waals surface area contributed by atoms with Crippen molar-refractivity contribution >= 4 is 16.8 Å². The van der Waals surface area contributed by atoms with E-state index in [2.05, 4.69) is 10.4 Å². The molecule has 3 heterocycles. The highest BCUT2D eigenvalue weighted by molar-refractivity contribution is 5.87. The molecule has 1 N–H and O–H groups in total. The third kappa shape index (κ3) is 5.08. The number of nitrogens with one attached hydrogen (secondary N) is 1. The standard InChI is InChI=1S/C29H30N6O3/c1-3-38-24-15-8-7-12-22(24)20-30-25(36)16-11-19-34-29(37)26-27(21(2)31-34)32-35(23-13-5-4-6-14-23)28(26)33-17-9-10-18-33/h4-10,12-15,17-18H,3,11,16,19-20H2,1-2H3,(H,30,36). The molecule has 0 aliphatic carbocycles. The summed E-state index contributed by atoms with van der Waals surface area (Å²) in [6, 6.07) is 21.2. The summed E-state index contributed by atoms with van der Waals surface area (Å²) >= 11 is 0. The molecule has 0 unspecified atom stereocenters. The second kappa shape index (κ2) is 11.2. The van der Waals surface area contributed by atoms with Crippen LogP contribution in [-0.2, 0) is 17.9 Å². The Morgan fingerprint density at radius 3 is 2.47 bits per heavy atom. The zero-order chi connectivity index (χ0) is 26.5. The minimum atomic E-state index is -0.234. The number of carbonyl (C=O) groups excluding carboxylic acids is 1. The largest absolute Gasteiger partial charge is 0.494 e. The van der Waals surface area contributed by atoms with Gasteiger partial charge in [-0.1, -0.05) is 36.4 Å². The SMILES string of the molecule is CCOc1ccccc1CNC(=O)CCCn1nc(C)c2nn(-c3ccccc3)c(-n3cccc3)c2c1=O.